The second kappa shape index (κ2) is 7.72. The molecule has 0 saturated carbocycles. The lowest BCUT2D eigenvalue weighted by Crippen LogP contribution is -2.20. The maximum Gasteiger partial charge on any atom is 0.306 e. The number of ether oxygens (including phenoxy) is 1. The zero-order chi connectivity index (χ0) is 10.9. The lowest BCUT2D eigenvalue weighted by Gasteiger charge is -2.20. The fourth-order valence-corrected chi connectivity index (χ4v) is 2.12. The van der Waals surface area contributed by atoms with Gasteiger partial charge < -0.3 is 4.74 Å². The van der Waals surface area contributed by atoms with E-state index in [0.29, 0.717) is 6.42 Å². The molecule has 0 radical (unpaired) electrons. The molecule has 1 unspecified atom stereocenters. The average molecular weight is 212 g/mol. The summed E-state index contributed by atoms with van der Waals surface area (Å²) in [5, 5.41) is 0. The topological polar surface area (TPSA) is 26.3 Å². The van der Waals surface area contributed by atoms with E-state index < -0.39 is 0 Å². The quantitative estimate of drug-likeness (QED) is 0.511. The van der Waals surface area contributed by atoms with E-state index in [4.69, 9.17) is 4.74 Å². The summed E-state index contributed by atoms with van der Waals surface area (Å²) < 4.78 is 5.43. The van der Waals surface area contributed by atoms with Gasteiger partial charge in [0.1, 0.15) is 6.10 Å². The molecule has 1 fully saturated rings. The molecule has 2 heteroatoms. The molecule has 0 aromatic carbocycles. The number of carbonyl (C=O) groups is 1. The number of cyclic esters (lactones) is 1. The summed E-state index contributed by atoms with van der Waals surface area (Å²) in [4.78, 5) is 11.3. The van der Waals surface area contributed by atoms with Crippen LogP contribution in [0.5, 0.6) is 0 Å². The van der Waals surface area contributed by atoms with Crippen molar-refractivity contribution in [1.82, 2.24) is 0 Å². The molecule has 15 heavy (non-hydrogen) atoms. The normalized spacial score (nSPS) is 23.0. The van der Waals surface area contributed by atoms with Crippen LogP contribution >= 0.6 is 0 Å². The molecule has 0 spiro atoms. The van der Waals surface area contributed by atoms with Gasteiger partial charge in [-0.05, 0) is 32.1 Å². The molecule has 1 aliphatic rings. The Morgan fingerprint density at radius 3 is 2.87 bits per heavy atom. The monoisotopic (exact) mass is 212 g/mol. The number of unbranched alkanes of at least 4 members (excludes halogenated alkanes) is 3. The van der Waals surface area contributed by atoms with Gasteiger partial charge in [0.05, 0.1) is 0 Å². The third-order valence-electron chi connectivity index (χ3n) is 3.08. The molecule has 0 aromatic heterocycles. The van der Waals surface area contributed by atoms with Crippen molar-refractivity contribution in [3.63, 3.8) is 0 Å². The number of esters is 1. The van der Waals surface area contributed by atoms with Gasteiger partial charge in [0.2, 0.25) is 0 Å². The van der Waals surface area contributed by atoms with Gasteiger partial charge in [-0.25, -0.2) is 0 Å². The van der Waals surface area contributed by atoms with Crippen molar-refractivity contribution in [3.05, 3.63) is 0 Å². The first-order valence-electron chi connectivity index (χ1n) is 6.52. The fourth-order valence-electron chi connectivity index (χ4n) is 2.12. The number of rotatable bonds is 5. The molecule has 0 bridgehead atoms. The second-order valence-electron chi connectivity index (χ2n) is 4.56. The van der Waals surface area contributed by atoms with Crippen molar-refractivity contribution >= 4 is 5.97 Å². The largest absolute Gasteiger partial charge is 0.462 e. The van der Waals surface area contributed by atoms with E-state index in [2.05, 4.69) is 6.92 Å². The third kappa shape index (κ3) is 5.81. The summed E-state index contributed by atoms with van der Waals surface area (Å²) in [5.74, 6) is 0.0233. The zero-order valence-corrected chi connectivity index (χ0v) is 9.96. The number of hydrogen-bond acceptors (Lipinski definition) is 2. The Morgan fingerprint density at radius 2 is 2.07 bits per heavy atom. The van der Waals surface area contributed by atoms with Gasteiger partial charge in [0.25, 0.3) is 0 Å². The smallest absolute Gasteiger partial charge is 0.306 e. The summed E-state index contributed by atoms with van der Waals surface area (Å²) in [5.41, 5.74) is 0. The molecule has 0 aliphatic carbocycles. The summed E-state index contributed by atoms with van der Waals surface area (Å²) in [6, 6.07) is 0. The van der Waals surface area contributed by atoms with E-state index in [-0.39, 0.29) is 12.1 Å². The van der Waals surface area contributed by atoms with E-state index >= 15 is 0 Å². The summed E-state index contributed by atoms with van der Waals surface area (Å²) in [7, 11) is 0. The molecule has 0 amide bonds. The fraction of sp³-hybridized carbons (Fsp3) is 0.923. The highest BCUT2D eigenvalue weighted by atomic mass is 16.5. The van der Waals surface area contributed by atoms with Crippen LogP contribution in [0, 0.1) is 0 Å². The molecular formula is C13H24O2. The number of hydrogen-bond donors (Lipinski definition) is 0. The van der Waals surface area contributed by atoms with E-state index in [1.807, 2.05) is 0 Å². The van der Waals surface area contributed by atoms with Crippen molar-refractivity contribution in [2.24, 2.45) is 0 Å². The van der Waals surface area contributed by atoms with Crippen molar-refractivity contribution in [3.8, 4) is 0 Å². The first-order valence-corrected chi connectivity index (χ1v) is 6.52. The highest BCUT2D eigenvalue weighted by Crippen LogP contribution is 2.19. The Bertz CT molecular complexity index is 177. The molecule has 1 aliphatic heterocycles. The Kier molecular flexibility index (Phi) is 6.45. The molecule has 1 rings (SSSR count). The minimum Gasteiger partial charge on any atom is -0.462 e. The molecule has 1 saturated heterocycles. The average Bonchev–Trinajstić information content (AvgIpc) is 2.19. The van der Waals surface area contributed by atoms with Crippen LogP contribution in [0.15, 0.2) is 0 Å². The second-order valence-corrected chi connectivity index (χ2v) is 4.56. The van der Waals surface area contributed by atoms with Gasteiger partial charge in [-0.15, -0.1) is 0 Å². The van der Waals surface area contributed by atoms with Crippen LogP contribution in [0.4, 0.5) is 0 Å². The number of carbonyl (C=O) groups excluding carboxylic acids is 1. The van der Waals surface area contributed by atoms with Crippen molar-refractivity contribution < 1.29 is 9.53 Å². The molecule has 0 aromatic rings. The van der Waals surface area contributed by atoms with Crippen LogP contribution < -0.4 is 0 Å². The van der Waals surface area contributed by atoms with Crippen LogP contribution in [-0.2, 0) is 9.53 Å². The first kappa shape index (κ1) is 12.5. The van der Waals surface area contributed by atoms with E-state index in [1.54, 1.807) is 0 Å². The molecule has 1 atom stereocenters. The van der Waals surface area contributed by atoms with E-state index in [1.165, 1.54) is 38.5 Å². The lowest BCUT2D eigenvalue weighted by molar-refractivity contribution is -0.150. The van der Waals surface area contributed by atoms with Crippen LogP contribution in [-0.4, -0.2) is 12.1 Å². The highest BCUT2D eigenvalue weighted by Gasteiger charge is 2.16. The van der Waals surface area contributed by atoms with Crippen molar-refractivity contribution in [2.75, 3.05) is 0 Å². The Balaban J connectivity index is 2.16. The Hall–Kier alpha value is -0.530. The van der Waals surface area contributed by atoms with Gasteiger partial charge in [-0.3, -0.25) is 4.79 Å². The van der Waals surface area contributed by atoms with E-state index in [9.17, 15) is 4.79 Å². The summed E-state index contributed by atoms with van der Waals surface area (Å²) in [6.07, 6.45) is 11.5. The molecular weight excluding hydrogens is 188 g/mol. The van der Waals surface area contributed by atoms with Crippen molar-refractivity contribution in [1.29, 1.82) is 0 Å². The molecule has 88 valence electrons. The van der Waals surface area contributed by atoms with Crippen molar-refractivity contribution in [2.45, 2.75) is 77.2 Å². The van der Waals surface area contributed by atoms with Gasteiger partial charge in [-0.2, -0.15) is 0 Å². The molecule has 1 heterocycles. The Labute approximate surface area is 93.4 Å². The Morgan fingerprint density at radius 1 is 1.20 bits per heavy atom. The van der Waals surface area contributed by atoms with Crippen LogP contribution in [0.2, 0.25) is 0 Å². The molecule has 2 nitrogen and oxygen atoms in total. The van der Waals surface area contributed by atoms with Crippen LogP contribution in [0.1, 0.15) is 71.1 Å². The maximum atomic E-state index is 11.3. The van der Waals surface area contributed by atoms with Gasteiger partial charge in [0, 0.05) is 6.42 Å². The lowest BCUT2D eigenvalue weighted by atomic mass is 10.0. The highest BCUT2D eigenvalue weighted by molar-refractivity contribution is 5.69. The SMILES string of the molecule is CCCCCCC1CCCCCC(=O)O1. The van der Waals surface area contributed by atoms with Gasteiger partial charge in [0.15, 0.2) is 0 Å². The van der Waals surface area contributed by atoms with E-state index in [0.717, 1.165) is 19.3 Å². The van der Waals surface area contributed by atoms with Gasteiger partial charge >= 0.3 is 5.97 Å². The predicted molar refractivity (Wildman–Crippen MR) is 61.7 cm³/mol. The zero-order valence-electron chi connectivity index (χ0n) is 9.96. The standard InChI is InChI=1S/C13H24O2/c1-2-3-4-6-9-12-10-7-5-8-11-13(14)15-12/h12H,2-11H2,1H3. The molecule has 0 N–H and O–H groups in total. The predicted octanol–water partition coefficient (Wildman–Crippen LogP) is 3.83. The first-order chi connectivity index (χ1) is 7.33. The minimum absolute atomic E-state index is 0.0233. The minimum atomic E-state index is 0.0233. The summed E-state index contributed by atoms with van der Waals surface area (Å²) in [6.45, 7) is 2.22. The van der Waals surface area contributed by atoms with Crippen LogP contribution in [0.25, 0.3) is 0 Å². The van der Waals surface area contributed by atoms with Crippen LogP contribution in [0.3, 0.4) is 0 Å². The van der Waals surface area contributed by atoms with Gasteiger partial charge in [-0.1, -0.05) is 32.6 Å². The third-order valence-corrected chi connectivity index (χ3v) is 3.08. The maximum absolute atomic E-state index is 11.3. The summed E-state index contributed by atoms with van der Waals surface area (Å²) >= 11 is 0.